The van der Waals surface area contributed by atoms with Gasteiger partial charge in [0.15, 0.2) is 0 Å². The van der Waals surface area contributed by atoms with Crippen LogP contribution in [-0.2, 0) is 0 Å². The van der Waals surface area contributed by atoms with Gasteiger partial charge >= 0.3 is 0 Å². The molecule has 2 rings (SSSR count). The lowest BCUT2D eigenvalue weighted by Gasteiger charge is -2.19. The van der Waals surface area contributed by atoms with E-state index in [1.165, 1.54) is 17.4 Å². The van der Waals surface area contributed by atoms with Crippen LogP contribution in [0.1, 0.15) is 17.8 Å². The van der Waals surface area contributed by atoms with Gasteiger partial charge in [-0.25, -0.2) is 0 Å². The first kappa shape index (κ1) is 18.5. The van der Waals surface area contributed by atoms with Crippen LogP contribution in [0.3, 0.4) is 0 Å². The molecule has 0 spiro atoms. The van der Waals surface area contributed by atoms with Gasteiger partial charge in [-0.3, -0.25) is 10.1 Å². The highest BCUT2D eigenvalue weighted by atomic mass is 32.1. The molecule has 0 saturated carbocycles. The molecule has 0 aliphatic heterocycles. The molecule has 0 amide bonds. The molecule has 2 N–H and O–H groups in total. The zero-order chi connectivity index (χ0) is 17.7. The van der Waals surface area contributed by atoms with Crippen LogP contribution in [0.4, 0.5) is 5.69 Å². The Morgan fingerprint density at radius 2 is 2.00 bits per heavy atom. The summed E-state index contributed by atoms with van der Waals surface area (Å²) < 4.78 is 0. The van der Waals surface area contributed by atoms with Gasteiger partial charge in [-0.05, 0) is 39.2 Å². The van der Waals surface area contributed by atoms with Crippen molar-refractivity contribution >= 4 is 17.0 Å². The topological polar surface area (TPSA) is 78.6 Å². The first-order chi connectivity index (χ1) is 11.4. The summed E-state index contributed by atoms with van der Waals surface area (Å²) in [7, 11) is 3.84. The molecule has 0 aliphatic carbocycles. The molecule has 0 fully saturated rings. The summed E-state index contributed by atoms with van der Waals surface area (Å²) in [4.78, 5) is 14.7. The van der Waals surface area contributed by atoms with Crippen LogP contribution in [-0.4, -0.2) is 48.2 Å². The molecule has 0 radical (unpaired) electrons. The molecule has 0 aliphatic rings. The van der Waals surface area contributed by atoms with Gasteiger partial charge in [0.1, 0.15) is 0 Å². The van der Waals surface area contributed by atoms with Crippen LogP contribution < -0.4 is 5.32 Å². The van der Waals surface area contributed by atoms with Crippen LogP contribution in [0.25, 0.3) is 10.4 Å². The maximum Gasteiger partial charge on any atom is 0.278 e. The fourth-order valence-corrected chi connectivity index (χ4v) is 3.54. The lowest BCUT2D eigenvalue weighted by atomic mass is 10.1. The van der Waals surface area contributed by atoms with Crippen molar-refractivity contribution in [3.05, 3.63) is 51.4 Å². The molecule has 1 aromatic heterocycles. The van der Waals surface area contributed by atoms with Crippen molar-refractivity contribution in [1.29, 1.82) is 0 Å². The number of nitro groups is 1. The number of rotatable bonds is 8. The van der Waals surface area contributed by atoms with Gasteiger partial charge in [0, 0.05) is 35.0 Å². The van der Waals surface area contributed by atoms with E-state index in [-0.39, 0.29) is 16.7 Å². The number of nitrogens with zero attached hydrogens (tertiary/aromatic N) is 2. The summed E-state index contributed by atoms with van der Waals surface area (Å²) in [5.41, 5.74) is 0.756. The Morgan fingerprint density at radius 1 is 1.29 bits per heavy atom. The molecule has 130 valence electrons. The summed E-state index contributed by atoms with van der Waals surface area (Å²) in [6.07, 6.45) is -0.433. The molecule has 2 atom stereocenters. The third-order valence-electron chi connectivity index (χ3n) is 3.66. The molecular formula is C17H23N3O3S. The Labute approximate surface area is 145 Å². The van der Waals surface area contributed by atoms with E-state index in [0.29, 0.717) is 18.7 Å². The minimum atomic E-state index is -0.433. The van der Waals surface area contributed by atoms with Crippen LogP contribution >= 0.6 is 11.3 Å². The number of nitro benzene ring substituents is 1. The van der Waals surface area contributed by atoms with Gasteiger partial charge in [-0.15, -0.1) is 11.3 Å². The first-order valence-corrected chi connectivity index (χ1v) is 8.60. The number of likely N-dealkylation sites (N-methyl/N-ethyl adjacent to an activating group) is 1. The lowest BCUT2D eigenvalue weighted by Crippen LogP contribution is -2.35. The molecule has 0 bridgehead atoms. The molecular weight excluding hydrogens is 326 g/mol. The van der Waals surface area contributed by atoms with E-state index in [1.807, 2.05) is 38.1 Å². The van der Waals surface area contributed by atoms with E-state index < -0.39 is 6.10 Å². The number of benzene rings is 1. The van der Waals surface area contributed by atoms with Crippen molar-refractivity contribution in [2.45, 2.75) is 19.1 Å². The van der Waals surface area contributed by atoms with Crippen molar-refractivity contribution < 1.29 is 10.0 Å². The molecule has 2 aromatic rings. The summed E-state index contributed by atoms with van der Waals surface area (Å²) in [6.45, 7) is 3.13. The second kappa shape index (κ2) is 8.34. The van der Waals surface area contributed by atoms with Crippen molar-refractivity contribution in [3.63, 3.8) is 0 Å². The Bertz CT molecular complexity index is 687. The Morgan fingerprint density at radius 3 is 2.67 bits per heavy atom. The number of thiophene rings is 1. The highest BCUT2D eigenvalue weighted by Gasteiger charge is 2.17. The van der Waals surface area contributed by atoms with E-state index in [1.54, 1.807) is 18.2 Å². The van der Waals surface area contributed by atoms with E-state index in [9.17, 15) is 15.2 Å². The molecule has 6 nitrogen and oxygen atoms in total. The monoisotopic (exact) mass is 349 g/mol. The fraction of sp³-hybridized carbons (Fsp3) is 0.412. The highest BCUT2D eigenvalue weighted by Crippen LogP contribution is 2.36. The molecule has 1 aromatic carbocycles. The smallest absolute Gasteiger partial charge is 0.278 e. The van der Waals surface area contributed by atoms with Crippen LogP contribution in [0.2, 0.25) is 0 Å². The standard InChI is InChI=1S/C17H23N3O3S/c1-12(18-10-13(21)11-19(2)3)16-8-9-17(24-16)14-6-4-5-7-15(14)20(22)23/h4-9,12-13,18,21H,10-11H2,1-3H3. The van der Waals surface area contributed by atoms with Crippen molar-refractivity contribution in [3.8, 4) is 10.4 Å². The summed E-state index contributed by atoms with van der Waals surface area (Å²) in [5, 5.41) is 24.4. The lowest BCUT2D eigenvalue weighted by molar-refractivity contribution is -0.384. The number of aliphatic hydroxyl groups is 1. The van der Waals surface area contributed by atoms with Gasteiger partial charge in [0.05, 0.1) is 16.6 Å². The zero-order valence-electron chi connectivity index (χ0n) is 14.1. The van der Waals surface area contributed by atoms with Gasteiger partial charge in [0.2, 0.25) is 0 Å². The van der Waals surface area contributed by atoms with Crippen molar-refractivity contribution in [2.24, 2.45) is 0 Å². The SMILES string of the molecule is CC(NCC(O)CN(C)C)c1ccc(-c2ccccc2[N+](=O)[O-])s1. The minimum absolute atomic E-state index is 0.0725. The Hall–Kier alpha value is -1.80. The Balaban J connectivity index is 2.07. The average Bonchev–Trinajstić information content (AvgIpc) is 3.01. The Kier molecular flexibility index (Phi) is 6.44. The second-order valence-corrected chi connectivity index (χ2v) is 7.14. The van der Waals surface area contributed by atoms with Gasteiger partial charge in [-0.2, -0.15) is 0 Å². The van der Waals surface area contributed by atoms with E-state index in [4.69, 9.17) is 0 Å². The second-order valence-electron chi connectivity index (χ2n) is 6.02. The molecule has 0 saturated heterocycles. The molecule has 2 unspecified atom stereocenters. The number of hydrogen-bond acceptors (Lipinski definition) is 6. The van der Waals surface area contributed by atoms with Gasteiger partial charge < -0.3 is 15.3 Å². The first-order valence-electron chi connectivity index (χ1n) is 7.78. The molecule has 1 heterocycles. The van der Waals surface area contributed by atoms with E-state index in [2.05, 4.69) is 5.32 Å². The maximum atomic E-state index is 11.2. The number of para-hydroxylation sites is 1. The molecule has 7 heteroatoms. The molecule has 24 heavy (non-hydrogen) atoms. The predicted octanol–water partition coefficient (Wildman–Crippen LogP) is 2.90. The third kappa shape index (κ3) is 4.85. The number of hydrogen-bond donors (Lipinski definition) is 2. The van der Waals surface area contributed by atoms with E-state index >= 15 is 0 Å². The highest BCUT2D eigenvalue weighted by molar-refractivity contribution is 7.15. The summed E-state index contributed by atoms with van der Waals surface area (Å²) in [5.74, 6) is 0. The van der Waals surface area contributed by atoms with Gasteiger partial charge in [-0.1, -0.05) is 12.1 Å². The van der Waals surface area contributed by atoms with Crippen LogP contribution in [0, 0.1) is 10.1 Å². The number of nitrogens with one attached hydrogen (secondary N) is 1. The minimum Gasteiger partial charge on any atom is -0.390 e. The number of aliphatic hydroxyl groups excluding tert-OH is 1. The van der Waals surface area contributed by atoms with Crippen molar-refractivity contribution in [2.75, 3.05) is 27.2 Å². The van der Waals surface area contributed by atoms with Crippen LogP contribution in [0.5, 0.6) is 0 Å². The summed E-state index contributed by atoms with van der Waals surface area (Å²) in [6, 6.07) is 10.7. The maximum absolute atomic E-state index is 11.2. The fourth-order valence-electron chi connectivity index (χ4n) is 2.47. The van der Waals surface area contributed by atoms with Crippen LogP contribution in [0.15, 0.2) is 36.4 Å². The van der Waals surface area contributed by atoms with Crippen molar-refractivity contribution in [1.82, 2.24) is 10.2 Å². The predicted molar refractivity (Wildman–Crippen MR) is 97.4 cm³/mol. The van der Waals surface area contributed by atoms with Gasteiger partial charge in [0.25, 0.3) is 5.69 Å². The largest absolute Gasteiger partial charge is 0.390 e. The quantitative estimate of drug-likeness (QED) is 0.566. The average molecular weight is 349 g/mol. The summed E-state index contributed by atoms with van der Waals surface area (Å²) >= 11 is 1.53. The normalized spacial score (nSPS) is 13.9. The zero-order valence-corrected chi connectivity index (χ0v) is 14.9. The third-order valence-corrected chi connectivity index (χ3v) is 4.96. The van der Waals surface area contributed by atoms with E-state index in [0.717, 1.165) is 9.75 Å².